The molecule has 0 radical (unpaired) electrons. The second kappa shape index (κ2) is 10.9. The van der Waals surface area contributed by atoms with Gasteiger partial charge in [0.25, 0.3) is 0 Å². The number of hydrogen-bond acceptors (Lipinski definition) is 4. The molecule has 6 nitrogen and oxygen atoms in total. The molecule has 1 heterocycles. The van der Waals surface area contributed by atoms with Crippen LogP contribution in [0, 0.1) is 5.82 Å². The van der Waals surface area contributed by atoms with Crippen LogP contribution in [0.1, 0.15) is 43.8 Å². The molecule has 0 spiro atoms. The number of nitrogens with zero attached hydrogens (tertiary/aromatic N) is 2. The Kier molecular flexibility index (Phi) is 8.27. The van der Waals surface area contributed by atoms with Crippen LogP contribution < -0.4 is 10.6 Å². The number of aliphatic imine (C=N–C) groups is 1. The van der Waals surface area contributed by atoms with E-state index in [4.69, 9.17) is 9.47 Å². The van der Waals surface area contributed by atoms with Crippen LogP contribution in [0.2, 0.25) is 0 Å². The molecule has 0 amide bonds. The van der Waals surface area contributed by atoms with Crippen LogP contribution in [0.4, 0.5) is 4.39 Å². The van der Waals surface area contributed by atoms with Gasteiger partial charge in [-0.1, -0.05) is 31.4 Å². The van der Waals surface area contributed by atoms with Crippen LogP contribution >= 0.6 is 0 Å². The van der Waals surface area contributed by atoms with Gasteiger partial charge in [0.05, 0.1) is 19.3 Å². The number of halogens is 1. The largest absolute Gasteiger partial charge is 0.379 e. The summed E-state index contributed by atoms with van der Waals surface area (Å²) in [5, 5.41) is 6.93. The van der Waals surface area contributed by atoms with E-state index in [-0.39, 0.29) is 17.5 Å². The normalized spacial score (nSPS) is 21.6. The van der Waals surface area contributed by atoms with E-state index in [1.54, 1.807) is 26.3 Å². The van der Waals surface area contributed by atoms with E-state index in [9.17, 15) is 4.39 Å². The van der Waals surface area contributed by atoms with Crippen molar-refractivity contribution in [2.75, 3.05) is 53.6 Å². The molecule has 7 heteroatoms. The van der Waals surface area contributed by atoms with Crippen molar-refractivity contribution in [3.05, 3.63) is 35.6 Å². The first-order valence-electron chi connectivity index (χ1n) is 10.7. The monoisotopic (exact) mass is 406 g/mol. The number of guanidine groups is 1. The van der Waals surface area contributed by atoms with Crippen LogP contribution in [0.3, 0.4) is 0 Å². The van der Waals surface area contributed by atoms with Gasteiger partial charge in [0.2, 0.25) is 0 Å². The number of nitrogens with one attached hydrogen (secondary N) is 2. The summed E-state index contributed by atoms with van der Waals surface area (Å²) in [5.41, 5.74) is 1.12. The minimum absolute atomic E-state index is 0.169. The molecule has 2 fully saturated rings. The molecule has 2 aliphatic rings. The molecule has 29 heavy (non-hydrogen) atoms. The predicted molar refractivity (Wildman–Crippen MR) is 114 cm³/mol. The molecule has 0 aromatic heterocycles. The summed E-state index contributed by atoms with van der Waals surface area (Å²) in [7, 11) is 3.46. The third kappa shape index (κ3) is 5.90. The standard InChI is InChI=1S/C22H35FN4O2/c1-24-21(25-16-20(28-2)18-6-8-19(23)9-7-18)26-17-22(10-4-3-5-11-22)27-12-14-29-15-13-27/h6-9,20H,3-5,10-17H2,1-2H3,(H2,24,25,26). The molecular formula is C22H35FN4O2. The van der Waals surface area contributed by atoms with Crippen molar-refractivity contribution >= 4 is 5.96 Å². The number of ether oxygens (including phenoxy) is 2. The number of rotatable bonds is 7. The van der Waals surface area contributed by atoms with Crippen molar-refractivity contribution in [3.63, 3.8) is 0 Å². The van der Waals surface area contributed by atoms with Crippen LogP contribution in [0.15, 0.2) is 29.3 Å². The van der Waals surface area contributed by atoms with Crippen molar-refractivity contribution in [2.24, 2.45) is 4.99 Å². The number of morpholine rings is 1. The molecule has 3 rings (SSSR count). The number of methoxy groups -OCH3 is 1. The predicted octanol–water partition coefficient (Wildman–Crippen LogP) is 2.71. The first-order valence-corrected chi connectivity index (χ1v) is 10.7. The Morgan fingerprint density at radius 2 is 1.86 bits per heavy atom. The van der Waals surface area contributed by atoms with Gasteiger partial charge in [0.15, 0.2) is 5.96 Å². The van der Waals surface area contributed by atoms with E-state index < -0.39 is 0 Å². The highest BCUT2D eigenvalue weighted by Crippen LogP contribution is 2.33. The summed E-state index contributed by atoms with van der Waals surface area (Å²) in [6.45, 7) is 5.09. The van der Waals surface area contributed by atoms with Crippen LogP contribution in [-0.4, -0.2) is 69.9 Å². The Morgan fingerprint density at radius 1 is 1.17 bits per heavy atom. The highest BCUT2D eigenvalue weighted by Gasteiger charge is 2.38. The third-order valence-electron chi connectivity index (χ3n) is 6.26. The summed E-state index contributed by atoms with van der Waals surface area (Å²) >= 11 is 0. The fourth-order valence-electron chi connectivity index (χ4n) is 4.53. The van der Waals surface area contributed by atoms with Gasteiger partial charge in [0.1, 0.15) is 5.82 Å². The topological polar surface area (TPSA) is 58.1 Å². The molecule has 0 bridgehead atoms. The van der Waals surface area contributed by atoms with Gasteiger partial charge in [-0.3, -0.25) is 9.89 Å². The van der Waals surface area contributed by atoms with E-state index in [0.717, 1.165) is 44.4 Å². The Balaban J connectivity index is 1.57. The molecule has 162 valence electrons. The molecule has 1 saturated heterocycles. The maximum atomic E-state index is 13.2. The summed E-state index contributed by atoms with van der Waals surface area (Å²) in [6.07, 6.45) is 6.15. The average molecular weight is 407 g/mol. The van der Waals surface area contributed by atoms with Gasteiger partial charge < -0.3 is 20.1 Å². The quantitative estimate of drug-likeness (QED) is 0.539. The van der Waals surface area contributed by atoms with E-state index >= 15 is 0 Å². The van der Waals surface area contributed by atoms with Crippen LogP contribution in [0.5, 0.6) is 0 Å². The van der Waals surface area contributed by atoms with Gasteiger partial charge in [0, 0.05) is 45.9 Å². The van der Waals surface area contributed by atoms with Gasteiger partial charge >= 0.3 is 0 Å². The summed E-state index contributed by atoms with van der Waals surface area (Å²) in [5.74, 6) is 0.530. The van der Waals surface area contributed by atoms with Gasteiger partial charge in [-0.05, 0) is 30.5 Å². The lowest BCUT2D eigenvalue weighted by molar-refractivity contribution is -0.0352. The molecular weight excluding hydrogens is 371 g/mol. The molecule has 1 aromatic rings. The van der Waals surface area contributed by atoms with Crippen LogP contribution in [0.25, 0.3) is 0 Å². The lowest BCUT2D eigenvalue weighted by Gasteiger charge is -2.48. The van der Waals surface area contributed by atoms with Gasteiger partial charge in [-0.15, -0.1) is 0 Å². The van der Waals surface area contributed by atoms with Crippen LogP contribution in [-0.2, 0) is 9.47 Å². The second-order valence-corrected chi connectivity index (χ2v) is 7.97. The molecule has 2 N–H and O–H groups in total. The maximum absolute atomic E-state index is 13.2. The average Bonchev–Trinajstić information content (AvgIpc) is 2.78. The second-order valence-electron chi connectivity index (χ2n) is 7.97. The smallest absolute Gasteiger partial charge is 0.191 e. The molecule has 1 aromatic carbocycles. The first-order chi connectivity index (χ1) is 14.2. The summed E-state index contributed by atoms with van der Waals surface area (Å²) in [4.78, 5) is 7.02. The molecule has 1 unspecified atom stereocenters. The Hall–Kier alpha value is -1.70. The number of benzene rings is 1. The zero-order valence-corrected chi connectivity index (χ0v) is 17.8. The first kappa shape index (κ1) is 22.0. The van der Waals surface area contributed by atoms with Crippen molar-refractivity contribution in [3.8, 4) is 0 Å². The summed E-state index contributed by atoms with van der Waals surface area (Å²) in [6, 6.07) is 6.45. The van der Waals surface area contributed by atoms with E-state index in [0.29, 0.717) is 6.54 Å². The molecule has 1 aliphatic heterocycles. The third-order valence-corrected chi connectivity index (χ3v) is 6.26. The van der Waals surface area contributed by atoms with E-state index in [1.807, 2.05) is 0 Å². The minimum Gasteiger partial charge on any atom is -0.379 e. The minimum atomic E-state index is -0.241. The fourth-order valence-corrected chi connectivity index (χ4v) is 4.53. The zero-order valence-electron chi connectivity index (χ0n) is 17.8. The zero-order chi connectivity index (χ0) is 20.5. The van der Waals surface area contributed by atoms with Crippen molar-refractivity contribution < 1.29 is 13.9 Å². The van der Waals surface area contributed by atoms with Crippen molar-refractivity contribution in [1.82, 2.24) is 15.5 Å². The van der Waals surface area contributed by atoms with Crippen molar-refractivity contribution in [2.45, 2.75) is 43.7 Å². The van der Waals surface area contributed by atoms with Crippen molar-refractivity contribution in [1.29, 1.82) is 0 Å². The van der Waals surface area contributed by atoms with Gasteiger partial charge in [-0.25, -0.2) is 4.39 Å². The molecule has 1 aliphatic carbocycles. The lowest BCUT2D eigenvalue weighted by Crippen LogP contribution is -2.60. The maximum Gasteiger partial charge on any atom is 0.191 e. The Morgan fingerprint density at radius 3 is 2.48 bits per heavy atom. The van der Waals surface area contributed by atoms with E-state index in [2.05, 4.69) is 20.5 Å². The molecule has 1 saturated carbocycles. The Bertz CT molecular complexity index is 641. The number of hydrogen-bond donors (Lipinski definition) is 2. The van der Waals surface area contributed by atoms with E-state index in [1.165, 1.54) is 44.2 Å². The lowest BCUT2D eigenvalue weighted by atomic mass is 9.80. The SMILES string of the molecule is CN=C(NCC(OC)c1ccc(F)cc1)NCC1(N2CCOCC2)CCCCC1. The molecule has 1 atom stereocenters. The van der Waals surface area contributed by atoms with Gasteiger partial charge in [-0.2, -0.15) is 0 Å². The summed E-state index contributed by atoms with van der Waals surface area (Å²) < 4.78 is 24.4. The highest BCUT2D eigenvalue weighted by molar-refractivity contribution is 5.79. The highest BCUT2D eigenvalue weighted by atomic mass is 19.1. The Labute approximate surface area is 173 Å². The fraction of sp³-hybridized carbons (Fsp3) is 0.682.